The van der Waals surface area contributed by atoms with E-state index in [2.05, 4.69) is 4.52 Å². The fourth-order valence-corrected chi connectivity index (χ4v) is 2.01. The summed E-state index contributed by atoms with van der Waals surface area (Å²) in [5.74, 6) is 0.275. The van der Waals surface area contributed by atoms with Crippen molar-refractivity contribution in [2.45, 2.75) is 10.1 Å². The molecule has 0 aliphatic carbocycles. The first kappa shape index (κ1) is 15.1. The van der Waals surface area contributed by atoms with Gasteiger partial charge in [-0.1, -0.05) is 53.0 Å². The maximum atomic E-state index is 10.6. The van der Waals surface area contributed by atoms with Crippen molar-refractivity contribution in [2.75, 3.05) is 0 Å². The minimum atomic E-state index is -4.80. The molecule has 1 aromatic rings. The van der Waals surface area contributed by atoms with Crippen LogP contribution in [-0.4, -0.2) is 19.9 Å². The van der Waals surface area contributed by atoms with Gasteiger partial charge in [-0.2, -0.15) is 0 Å². The highest BCUT2D eigenvalue weighted by Crippen LogP contribution is 2.44. The number of ether oxygens (including phenoxy) is 1. The van der Waals surface area contributed by atoms with E-state index in [9.17, 15) is 4.57 Å². The van der Waals surface area contributed by atoms with Crippen LogP contribution >= 0.6 is 42.6 Å². The highest BCUT2D eigenvalue weighted by atomic mass is 35.5. The van der Waals surface area contributed by atoms with Crippen LogP contribution in [0.25, 0.3) is 0 Å². The molecule has 0 aromatic heterocycles. The Balaban J connectivity index is 2.71. The zero-order valence-corrected chi connectivity index (χ0v) is 11.3. The van der Waals surface area contributed by atoms with Gasteiger partial charge in [0.05, 0.1) is 0 Å². The summed E-state index contributed by atoms with van der Waals surface area (Å²) in [6.07, 6.45) is 0. The smallest absolute Gasteiger partial charge is 0.454 e. The predicted octanol–water partition coefficient (Wildman–Crippen LogP) is 2.87. The van der Waals surface area contributed by atoms with E-state index in [0.29, 0.717) is 0 Å². The van der Waals surface area contributed by atoms with Crippen molar-refractivity contribution in [1.82, 2.24) is 0 Å². The highest BCUT2D eigenvalue weighted by Gasteiger charge is 2.41. The summed E-state index contributed by atoms with van der Waals surface area (Å²) in [6.45, 7) is 0. The van der Waals surface area contributed by atoms with Gasteiger partial charge in [-0.25, -0.2) is 4.57 Å². The first-order chi connectivity index (χ1) is 7.71. The molecule has 0 amide bonds. The summed E-state index contributed by atoms with van der Waals surface area (Å²) in [5.41, 5.74) is -1.74. The van der Waals surface area contributed by atoms with Crippen LogP contribution < -0.4 is 4.74 Å². The number of benzene rings is 1. The molecule has 0 bridgehead atoms. The fraction of sp³-hybridized carbons (Fsp3) is 0.250. The van der Waals surface area contributed by atoms with E-state index in [1.165, 1.54) is 0 Å². The Morgan fingerprint density at radius 2 is 1.76 bits per heavy atom. The molecule has 0 aliphatic rings. The highest BCUT2D eigenvalue weighted by molar-refractivity contribution is 7.46. The lowest BCUT2D eigenvalue weighted by Crippen LogP contribution is -2.34. The average Bonchev–Trinajstić information content (AvgIpc) is 2.15. The molecule has 0 fully saturated rings. The quantitative estimate of drug-likeness (QED) is 0.644. The van der Waals surface area contributed by atoms with Gasteiger partial charge in [0.25, 0.3) is 4.52 Å². The molecule has 9 heteroatoms. The second-order valence-corrected chi connectivity index (χ2v) is 5.79. The minimum absolute atomic E-state index is 0.275. The minimum Gasteiger partial charge on any atom is -0.454 e. The molecule has 1 atom stereocenters. The van der Waals surface area contributed by atoms with Crippen LogP contribution in [-0.2, 0) is 9.09 Å². The number of halogens is 3. The molecule has 0 spiro atoms. The molecule has 2 N–H and O–H groups in total. The Morgan fingerprint density at radius 1 is 1.24 bits per heavy atom. The van der Waals surface area contributed by atoms with Crippen molar-refractivity contribution in [1.29, 1.82) is 0 Å². The van der Waals surface area contributed by atoms with Gasteiger partial charge in [0.2, 0.25) is 5.56 Å². The molecule has 17 heavy (non-hydrogen) atoms. The Hall–Kier alpha value is 0. The van der Waals surface area contributed by atoms with Crippen LogP contribution in [0.15, 0.2) is 30.3 Å². The molecule has 1 rings (SSSR count). The lowest BCUT2D eigenvalue weighted by atomic mass is 10.3. The zero-order chi connectivity index (χ0) is 13.1. The number of alkyl halides is 3. The van der Waals surface area contributed by atoms with E-state index >= 15 is 0 Å². The molecule has 1 unspecified atom stereocenters. The fourth-order valence-electron chi connectivity index (χ4n) is 0.874. The normalized spacial score (nSPS) is 14.4. The third kappa shape index (κ3) is 5.44. The average molecular weight is 321 g/mol. The molecule has 0 aliphatic heterocycles. The van der Waals surface area contributed by atoms with Crippen molar-refractivity contribution >= 4 is 42.6 Å². The summed E-state index contributed by atoms with van der Waals surface area (Å²) in [5, 5.41) is 0. The third-order valence-electron chi connectivity index (χ3n) is 1.49. The van der Waals surface area contributed by atoms with E-state index in [4.69, 9.17) is 49.3 Å². The van der Waals surface area contributed by atoms with Gasteiger partial charge in [0.15, 0.2) is 0 Å². The van der Waals surface area contributed by atoms with Crippen LogP contribution in [0.3, 0.4) is 0 Å². The number of phosphoric acid groups is 1. The largest absolute Gasteiger partial charge is 0.471 e. The topological polar surface area (TPSA) is 76.0 Å². The number of hydrogen-bond acceptors (Lipinski definition) is 3. The number of hydrogen-bond donors (Lipinski definition) is 2. The van der Waals surface area contributed by atoms with Crippen LogP contribution in [0.4, 0.5) is 0 Å². The molecule has 0 heterocycles. The first-order valence-electron chi connectivity index (χ1n) is 4.20. The van der Waals surface area contributed by atoms with Crippen LogP contribution in [0.5, 0.6) is 5.75 Å². The van der Waals surface area contributed by atoms with E-state index in [-0.39, 0.29) is 5.75 Å². The van der Waals surface area contributed by atoms with Crippen molar-refractivity contribution in [3.8, 4) is 5.75 Å². The summed E-state index contributed by atoms with van der Waals surface area (Å²) in [4.78, 5) is 17.1. The van der Waals surface area contributed by atoms with E-state index in [1.54, 1.807) is 30.3 Å². The predicted molar refractivity (Wildman–Crippen MR) is 64.3 cm³/mol. The second kappa shape index (κ2) is 5.76. The molecular formula is C8H8Cl3O5P. The van der Waals surface area contributed by atoms with Gasteiger partial charge in [0.1, 0.15) is 5.75 Å². The lowest BCUT2D eigenvalue weighted by Gasteiger charge is -2.25. The van der Waals surface area contributed by atoms with Gasteiger partial charge < -0.3 is 14.5 Å². The van der Waals surface area contributed by atoms with Crippen molar-refractivity contribution in [3.05, 3.63) is 30.3 Å². The molecule has 0 saturated heterocycles. The zero-order valence-electron chi connectivity index (χ0n) is 8.16. The first-order valence-corrected chi connectivity index (χ1v) is 6.93. The van der Waals surface area contributed by atoms with Crippen molar-refractivity contribution < 1.29 is 23.6 Å². The summed E-state index contributed by atoms with van der Waals surface area (Å²) in [7, 11) is -4.80. The maximum Gasteiger partial charge on any atom is 0.471 e. The second-order valence-electron chi connectivity index (χ2n) is 2.89. The summed E-state index contributed by atoms with van der Waals surface area (Å²) in [6, 6.07) is 8.14. The number of para-hydroxylation sites is 1. The molecule has 5 nitrogen and oxygen atoms in total. The molecule has 1 aromatic carbocycles. The van der Waals surface area contributed by atoms with E-state index in [0.717, 1.165) is 0 Å². The summed E-state index contributed by atoms with van der Waals surface area (Å²) >= 11 is 16.8. The Labute approximate surface area is 112 Å². The standard InChI is InChI=1S/C8H8Cl3O5P/c9-7(16-17(12,13)14)8(10,11)15-6-4-2-1-3-5-6/h1-5,7H,(H2,12,13,14). The number of phosphoric ester groups is 1. The Bertz CT molecular complexity index is 407. The Kier molecular flexibility index (Phi) is 5.10. The van der Waals surface area contributed by atoms with Gasteiger partial charge in [-0.05, 0) is 12.1 Å². The molecule has 0 saturated carbocycles. The number of rotatable bonds is 5. The van der Waals surface area contributed by atoms with Gasteiger partial charge >= 0.3 is 7.82 Å². The Morgan fingerprint density at radius 3 is 2.24 bits per heavy atom. The van der Waals surface area contributed by atoms with Crippen molar-refractivity contribution in [3.63, 3.8) is 0 Å². The van der Waals surface area contributed by atoms with Crippen LogP contribution in [0, 0.1) is 0 Å². The van der Waals surface area contributed by atoms with Crippen molar-refractivity contribution in [2.24, 2.45) is 0 Å². The molecular weight excluding hydrogens is 313 g/mol. The van der Waals surface area contributed by atoms with Gasteiger partial charge in [0, 0.05) is 0 Å². The van der Waals surface area contributed by atoms with Crippen LogP contribution in [0.2, 0.25) is 0 Å². The van der Waals surface area contributed by atoms with E-state index in [1.807, 2.05) is 0 Å². The van der Waals surface area contributed by atoms with Crippen LogP contribution in [0.1, 0.15) is 0 Å². The lowest BCUT2D eigenvalue weighted by molar-refractivity contribution is 0.0973. The van der Waals surface area contributed by atoms with Gasteiger partial charge in [-0.3, -0.25) is 4.52 Å². The molecule has 0 radical (unpaired) electrons. The SMILES string of the molecule is O=P(O)(O)OC(Cl)C(Cl)(Cl)Oc1ccccc1. The molecule has 96 valence electrons. The maximum absolute atomic E-state index is 10.6. The monoisotopic (exact) mass is 320 g/mol. The van der Waals surface area contributed by atoms with Gasteiger partial charge in [-0.15, -0.1) is 0 Å². The third-order valence-corrected chi connectivity index (χ3v) is 3.27. The van der Waals surface area contributed by atoms with E-state index < -0.39 is 17.9 Å². The summed E-state index contributed by atoms with van der Waals surface area (Å²) < 4.78 is 17.6.